The molecule has 1 atom stereocenters. The van der Waals surface area contributed by atoms with E-state index >= 15 is 0 Å². The highest BCUT2D eigenvalue weighted by Crippen LogP contribution is 2.25. The topological polar surface area (TPSA) is 94.1 Å². The Morgan fingerprint density at radius 2 is 1.85 bits per heavy atom. The molecule has 0 aromatic heterocycles. The molecule has 4 N–H and O–H groups in total. The lowest BCUT2D eigenvalue weighted by atomic mass is 10.1. The highest BCUT2D eigenvalue weighted by atomic mass is 19.1. The van der Waals surface area contributed by atoms with Crippen molar-refractivity contribution >= 4 is 22.5 Å². The minimum absolute atomic E-state index is 0.00950. The Bertz CT molecular complexity index is 1110. The predicted molar refractivity (Wildman–Crippen MR) is 125 cm³/mol. The number of likely N-dealkylation sites (tertiary alicyclic amines) is 1. The SMILES string of the molecule is O=C(Nc1ccccc1OC(CO)CO)N[C@@H]1CCN(Cc2ccc3cc(F)ccc3c2)C1. The summed E-state index contributed by atoms with van der Waals surface area (Å²) in [7, 11) is 0. The van der Waals surface area contributed by atoms with Crippen molar-refractivity contribution < 1.29 is 24.1 Å². The molecular formula is C25H28FN3O4. The fourth-order valence-corrected chi connectivity index (χ4v) is 4.04. The molecule has 0 saturated carbocycles. The number of hydrogen-bond acceptors (Lipinski definition) is 5. The summed E-state index contributed by atoms with van der Waals surface area (Å²) in [6.45, 7) is 1.68. The van der Waals surface area contributed by atoms with E-state index in [0.29, 0.717) is 11.4 Å². The standard InChI is InChI=1S/C25H28FN3O4/c26-20-8-7-18-11-17(5-6-19(18)12-20)13-29-10-9-21(14-29)27-25(32)28-23-3-1-2-4-24(23)33-22(15-30)16-31/h1-8,11-12,21-22,30-31H,9-10,13-16H2,(H2,27,28,32)/t21-/m1/s1. The van der Waals surface area contributed by atoms with Gasteiger partial charge in [-0.2, -0.15) is 0 Å². The van der Waals surface area contributed by atoms with Crippen molar-refractivity contribution in [3.63, 3.8) is 0 Å². The predicted octanol–water partition coefficient (Wildman–Crippen LogP) is 3.11. The molecule has 1 aliphatic heterocycles. The summed E-state index contributed by atoms with van der Waals surface area (Å²) in [5.41, 5.74) is 1.61. The summed E-state index contributed by atoms with van der Waals surface area (Å²) in [6.07, 6.45) is 0.0788. The van der Waals surface area contributed by atoms with Gasteiger partial charge < -0.3 is 25.6 Å². The number of carbonyl (C=O) groups is 1. The van der Waals surface area contributed by atoms with Crippen LogP contribution in [0.25, 0.3) is 10.8 Å². The van der Waals surface area contributed by atoms with Gasteiger partial charge in [-0.05, 0) is 53.1 Å². The maximum atomic E-state index is 13.4. The van der Waals surface area contributed by atoms with Crippen LogP contribution in [0.4, 0.5) is 14.9 Å². The first-order valence-corrected chi connectivity index (χ1v) is 11.0. The van der Waals surface area contributed by atoms with E-state index in [1.165, 1.54) is 12.1 Å². The molecule has 0 bridgehead atoms. The second kappa shape index (κ2) is 10.6. The van der Waals surface area contributed by atoms with E-state index in [1.54, 1.807) is 30.3 Å². The number of carbonyl (C=O) groups excluding carboxylic acids is 1. The molecule has 0 aliphatic carbocycles. The van der Waals surface area contributed by atoms with Crippen LogP contribution in [0.2, 0.25) is 0 Å². The number of nitrogens with one attached hydrogen (secondary N) is 2. The number of benzene rings is 3. The highest BCUT2D eigenvalue weighted by molar-refractivity contribution is 5.91. The molecule has 4 rings (SSSR count). The van der Waals surface area contributed by atoms with Crippen LogP contribution in [-0.2, 0) is 6.54 Å². The lowest BCUT2D eigenvalue weighted by molar-refractivity contribution is 0.0634. The van der Waals surface area contributed by atoms with Gasteiger partial charge in [-0.3, -0.25) is 4.90 Å². The van der Waals surface area contributed by atoms with Crippen LogP contribution in [0.5, 0.6) is 5.75 Å². The van der Waals surface area contributed by atoms with E-state index in [0.717, 1.165) is 42.4 Å². The van der Waals surface area contributed by atoms with Gasteiger partial charge in [0.25, 0.3) is 0 Å². The Hall–Kier alpha value is -3.20. The molecule has 3 aromatic rings. The average Bonchev–Trinajstić information content (AvgIpc) is 3.25. The quantitative estimate of drug-likeness (QED) is 0.421. The largest absolute Gasteiger partial charge is 0.483 e. The zero-order valence-electron chi connectivity index (χ0n) is 18.2. The minimum Gasteiger partial charge on any atom is -0.483 e. The molecular weight excluding hydrogens is 425 g/mol. The molecule has 8 heteroatoms. The number of rotatable bonds is 8. The third kappa shape index (κ3) is 5.98. The molecule has 0 unspecified atom stereocenters. The fourth-order valence-electron chi connectivity index (χ4n) is 4.04. The monoisotopic (exact) mass is 453 g/mol. The Kier molecular flexibility index (Phi) is 7.39. The Morgan fingerprint density at radius 3 is 2.67 bits per heavy atom. The van der Waals surface area contributed by atoms with E-state index in [2.05, 4.69) is 21.6 Å². The van der Waals surface area contributed by atoms with Crippen molar-refractivity contribution in [3.05, 3.63) is 72.0 Å². The van der Waals surface area contributed by atoms with Gasteiger partial charge >= 0.3 is 6.03 Å². The molecule has 0 spiro atoms. The molecule has 1 heterocycles. The lowest BCUT2D eigenvalue weighted by Crippen LogP contribution is -2.39. The Balaban J connectivity index is 1.31. The molecule has 2 amide bonds. The number of aliphatic hydroxyl groups is 2. The third-order valence-corrected chi connectivity index (χ3v) is 5.72. The van der Waals surface area contributed by atoms with Crippen LogP contribution < -0.4 is 15.4 Å². The fraction of sp³-hybridized carbons (Fsp3) is 0.320. The number of ether oxygens (including phenoxy) is 1. The van der Waals surface area contributed by atoms with Gasteiger partial charge in [0.15, 0.2) is 0 Å². The first-order valence-electron chi connectivity index (χ1n) is 11.0. The first kappa shape index (κ1) is 23.0. The van der Waals surface area contributed by atoms with Gasteiger partial charge in [0.2, 0.25) is 0 Å². The van der Waals surface area contributed by atoms with Crippen molar-refractivity contribution in [1.29, 1.82) is 0 Å². The van der Waals surface area contributed by atoms with E-state index in [1.807, 2.05) is 12.1 Å². The summed E-state index contributed by atoms with van der Waals surface area (Å²) < 4.78 is 18.9. The van der Waals surface area contributed by atoms with Crippen molar-refractivity contribution in [2.45, 2.75) is 25.1 Å². The van der Waals surface area contributed by atoms with Crippen LogP contribution in [0.3, 0.4) is 0 Å². The molecule has 1 fully saturated rings. The Labute approximate surface area is 191 Å². The molecule has 174 valence electrons. The molecule has 7 nitrogen and oxygen atoms in total. The van der Waals surface area contributed by atoms with Crippen molar-refractivity contribution in [2.24, 2.45) is 0 Å². The van der Waals surface area contributed by atoms with Crippen LogP contribution in [0.1, 0.15) is 12.0 Å². The number of halogens is 1. The number of amides is 2. The van der Waals surface area contributed by atoms with E-state index in [4.69, 9.17) is 4.74 Å². The van der Waals surface area contributed by atoms with E-state index in [9.17, 15) is 19.4 Å². The number of aliphatic hydroxyl groups excluding tert-OH is 2. The van der Waals surface area contributed by atoms with E-state index < -0.39 is 6.10 Å². The summed E-state index contributed by atoms with van der Waals surface area (Å²) in [5, 5.41) is 26.2. The maximum absolute atomic E-state index is 13.4. The molecule has 1 saturated heterocycles. The van der Waals surface area contributed by atoms with E-state index in [-0.39, 0.29) is 31.1 Å². The highest BCUT2D eigenvalue weighted by Gasteiger charge is 2.24. The van der Waals surface area contributed by atoms with Gasteiger partial charge in [-0.1, -0.05) is 30.3 Å². The van der Waals surface area contributed by atoms with Gasteiger partial charge in [-0.15, -0.1) is 0 Å². The maximum Gasteiger partial charge on any atom is 0.319 e. The van der Waals surface area contributed by atoms with Gasteiger partial charge in [0, 0.05) is 25.7 Å². The molecule has 0 radical (unpaired) electrons. The van der Waals surface area contributed by atoms with Crippen molar-refractivity contribution in [1.82, 2.24) is 10.2 Å². The molecule has 1 aliphatic rings. The average molecular weight is 454 g/mol. The number of anilines is 1. The van der Waals surface area contributed by atoms with Crippen LogP contribution >= 0.6 is 0 Å². The number of urea groups is 1. The van der Waals surface area contributed by atoms with Crippen LogP contribution in [0.15, 0.2) is 60.7 Å². The molecule has 33 heavy (non-hydrogen) atoms. The van der Waals surface area contributed by atoms with Crippen molar-refractivity contribution in [3.8, 4) is 5.75 Å². The van der Waals surface area contributed by atoms with Gasteiger partial charge in [0.1, 0.15) is 17.7 Å². The lowest BCUT2D eigenvalue weighted by Gasteiger charge is -2.19. The first-order chi connectivity index (χ1) is 16.0. The normalized spacial score (nSPS) is 16.3. The number of fused-ring (bicyclic) bond motifs is 1. The third-order valence-electron chi connectivity index (χ3n) is 5.72. The number of para-hydroxylation sites is 2. The van der Waals surface area contributed by atoms with Crippen molar-refractivity contribution in [2.75, 3.05) is 31.6 Å². The Morgan fingerprint density at radius 1 is 1.09 bits per heavy atom. The van der Waals surface area contributed by atoms with Crippen LogP contribution in [-0.4, -0.2) is 59.6 Å². The minimum atomic E-state index is -0.756. The smallest absolute Gasteiger partial charge is 0.319 e. The zero-order valence-corrected chi connectivity index (χ0v) is 18.2. The summed E-state index contributed by atoms with van der Waals surface area (Å²) in [4.78, 5) is 14.8. The summed E-state index contributed by atoms with van der Waals surface area (Å²) in [5.74, 6) is 0.141. The summed E-state index contributed by atoms with van der Waals surface area (Å²) in [6, 6.07) is 17.4. The molecule has 3 aromatic carbocycles. The number of nitrogens with zero attached hydrogens (tertiary/aromatic N) is 1. The number of hydrogen-bond donors (Lipinski definition) is 4. The van der Waals surface area contributed by atoms with Gasteiger partial charge in [0.05, 0.1) is 18.9 Å². The van der Waals surface area contributed by atoms with Gasteiger partial charge in [-0.25, -0.2) is 9.18 Å². The summed E-state index contributed by atoms with van der Waals surface area (Å²) >= 11 is 0. The second-order valence-electron chi connectivity index (χ2n) is 8.25. The van der Waals surface area contributed by atoms with Crippen LogP contribution in [0, 0.1) is 5.82 Å². The second-order valence-corrected chi connectivity index (χ2v) is 8.25. The zero-order chi connectivity index (χ0) is 23.2.